The van der Waals surface area contributed by atoms with Crippen molar-refractivity contribution in [3.63, 3.8) is 0 Å². The van der Waals surface area contributed by atoms with Gasteiger partial charge in [-0.2, -0.15) is 4.98 Å². The summed E-state index contributed by atoms with van der Waals surface area (Å²) in [5, 5.41) is 13.6. The average Bonchev–Trinajstić information content (AvgIpc) is 3.30. The van der Waals surface area contributed by atoms with Crippen LogP contribution in [0.15, 0.2) is 64.2 Å². The molecule has 0 unspecified atom stereocenters. The zero-order valence-corrected chi connectivity index (χ0v) is 21.3. The van der Waals surface area contributed by atoms with Gasteiger partial charge in [-0.15, -0.1) is 10.2 Å². The Morgan fingerprint density at radius 2 is 1.91 bits per heavy atom. The number of nitrogens with zero attached hydrogens (tertiary/aromatic N) is 3. The second-order valence-electron chi connectivity index (χ2n) is 8.51. The van der Waals surface area contributed by atoms with Crippen LogP contribution in [0.4, 0.5) is 5.69 Å². The number of furan rings is 1. The fraction of sp³-hybridized carbons (Fsp3) is 0.296. The van der Waals surface area contributed by atoms with Crippen LogP contribution in [0, 0.1) is 6.92 Å². The number of para-hydroxylation sites is 1. The molecule has 6 nitrogen and oxygen atoms in total. The second-order valence-corrected chi connectivity index (χ2v) is 9.98. The fourth-order valence-electron chi connectivity index (χ4n) is 3.92. The molecule has 0 saturated carbocycles. The number of halogens is 1. The van der Waals surface area contributed by atoms with Gasteiger partial charge >= 0.3 is 0 Å². The van der Waals surface area contributed by atoms with Crippen LogP contribution in [0.25, 0.3) is 22.6 Å². The largest absolute Gasteiger partial charge is 0.455 e. The molecule has 2 aromatic heterocycles. The lowest BCUT2D eigenvalue weighted by molar-refractivity contribution is 0.196. The summed E-state index contributed by atoms with van der Waals surface area (Å²) in [6, 6.07) is 17.6. The molecule has 1 N–H and O–H groups in total. The Labute approximate surface area is 214 Å². The number of nitrogens with one attached hydrogen (secondary N) is 1. The lowest BCUT2D eigenvalue weighted by Gasteiger charge is -2.16. The molecule has 35 heavy (non-hydrogen) atoms. The lowest BCUT2D eigenvalue weighted by Crippen LogP contribution is -2.16. The van der Waals surface area contributed by atoms with Gasteiger partial charge in [0.1, 0.15) is 5.76 Å². The number of hydrogen-bond acceptors (Lipinski definition) is 7. The smallest absolute Gasteiger partial charge is 0.247 e. The van der Waals surface area contributed by atoms with Crippen molar-refractivity contribution in [3.8, 4) is 28.5 Å². The van der Waals surface area contributed by atoms with Crippen molar-refractivity contribution in [1.82, 2.24) is 15.2 Å². The Hall–Kier alpha value is -3.03. The van der Waals surface area contributed by atoms with E-state index in [9.17, 15) is 0 Å². The highest BCUT2D eigenvalue weighted by Crippen LogP contribution is 2.40. The number of aryl methyl sites for hydroxylation is 1. The maximum Gasteiger partial charge on any atom is 0.247 e. The first-order valence-electron chi connectivity index (χ1n) is 11.9. The van der Waals surface area contributed by atoms with Crippen molar-refractivity contribution in [1.29, 1.82) is 0 Å². The first-order valence-corrected chi connectivity index (χ1v) is 13.2. The monoisotopic (exact) mass is 506 g/mol. The normalized spacial score (nSPS) is 14.4. The third kappa shape index (κ3) is 5.31. The van der Waals surface area contributed by atoms with Gasteiger partial charge in [-0.3, -0.25) is 0 Å². The van der Waals surface area contributed by atoms with Crippen molar-refractivity contribution in [2.24, 2.45) is 0 Å². The summed E-state index contributed by atoms with van der Waals surface area (Å²) in [4.78, 5) is 4.72. The molecular weight excluding hydrogens is 480 g/mol. The maximum absolute atomic E-state index is 6.35. The number of hydrogen-bond donors (Lipinski definition) is 1. The van der Waals surface area contributed by atoms with Crippen molar-refractivity contribution >= 4 is 29.1 Å². The Bertz CT molecular complexity index is 1330. The van der Waals surface area contributed by atoms with Crippen LogP contribution >= 0.6 is 23.4 Å². The third-order valence-corrected chi connectivity index (χ3v) is 7.24. The van der Waals surface area contributed by atoms with Gasteiger partial charge in [-0.1, -0.05) is 79.9 Å². The maximum atomic E-state index is 6.35. The van der Waals surface area contributed by atoms with Gasteiger partial charge in [0, 0.05) is 27.6 Å². The number of benzene rings is 2. The summed E-state index contributed by atoms with van der Waals surface area (Å²) in [7, 11) is 0. The average molecular weight is 507 g/mol. The molecule has 0 saturated heterocycles. The highest BCUT2D eigenvalue weighted by atomic mass is 35.5. The van der Waals surface area contributed by atoms with E-state index in [-0.39, 0.29) is 0 Å². The van der Waals surface area contributed by atoms with E-state index in [1.54, 1.807) is 11.8 Å². The Balaban J connectivity index is 1.43. The van der Waals surface area contributed by atoms with Crippen molar-refractivity contribution < 1.29 is 9.15 Å². The van der Waals surface area contributed by atoms with Gasteiger partial charge < -0.3 is 14.5 Å². The van der Waals surface area contributed by atoms with Gasteiger partial charge in [0.25, 0.3) is 0 Å². The number of ether oxygens (including phenoxy) is 1. The summed E-state index contributed by atoms with van der Waals surface area (Å²) in [5.74, 6) is 2.75. The van der Waals surface area contributed by atoms with E-state index in [1.165, 1.54) is 19.3 Å². The number of anilines is 1. The van der Waals surface area contributed by atoms with Crippen LogP contribution in [-0.4, -0.2) is 20.9 Å². The van der Waals surface area contributed by atoms with Crippen LogP contribution in [0.1, 0.15) is 50.2 Å². The van der Waals surface area contributed by atoms with Crippen molar-refractivity contribution in [2.75, 3.05) is 11.1 Å². The van der Waals surface area contributed by atoms with Crippen LogP contribution < -0.4 is 10.1 Å². The second kappa shape index (κ2) is 10.7. The van der Waals surface area contributed by atoms with Crippen molar-refractivity contribution in [3.05, 3.63) is 70.9 Å². The van der Waals surface area contributed by atoms with E-state index in [0.29, 0.717) is 33.3 Å². The Morgan fingerprint density at radius 3 is 2.77 bits per heavy atom. The molecule has 0 radical (unpaired) electrons. The minimum Gasteiger partial charge on any atom is -0.455 e. The predicted octanol–water partition coefficient (Wildman–Crippen LogP) is 7.94. The molecule has 0 bridgehead atoms. The van der Waals surface area contributed by atoms with Crippen LogP contribution in [0.3, 0.4) is 0 Å². The van der Waals surface area contributed by atoms with Crippen molar-refractivity contribution in [2.45, 2.75) is 50.9 Å². The molecule has 2 aromatic carbocycles. The number of aromatic nitrogens is 3. The molecular formula is C27H27ClN4O2S. The molecule has 0 fully saturated rings. The summed E-state index contributed by atoms with van der Waals surface area (Å²) in [6.07, 6.45) is 4.23. The first-order chi connectivity index (χ1) is 17.1. The third-order valence-electron chi connectivity index (χ3n) is 5.90. The van der Waals surface area contributed by atoms with Gasteiger partial charge in [0.2, 0.25) is 17.3 Å². The van der Waals surface area contributed by atoms with E-state index in [1.807, 2.05) is 61.5 Å². The van der Waals surface area contributed by atoms with E-state index in [4.69, 9.17) is 25.7 Å². The first kappa shape index (κ1) is 23.7. The van der Waals surface area contributed by atoms with Gasteiger partial charge in [0.15, 0.2) is 11.5 Å². The summed E-state index contributed by atoms with van der Waals surface area (Å²) in [5.41, 5.74) is 4.32. The van der Waals surface area contributed by atoms with Gasteiger partial charge in [-0.25, -0.2) is 0 Å². The van der Waals surface area contributed by atoms with E-state index in [0.717, 1.165) is 34.6 Å². The van der Waals surface area contributed by atoms with E-state index in [2.05, 4.69) is 22.4 Å². The number of unbranched alkanes of at least 4 members (excludes halogenated alkanes) is 3. The summed E-state index contributed by atoms with van der Waals surface area (Å²) in [6.45, 7) is 4.19. The molecule has 8 heteroatoms. The fourth-order valence-corrected chi connectivity index (χ4v) is 4.88. The van der Waals surface area contributed by atoms with Crippen LogP contribution in [0.5, 0.6) is 5.88 Å². The number of rotatable bonds is 8. The van der Waals surface area contributed by atoms with Crippen LogP contribution in [-0.2, 0) is 0 Å². The molecule has 1 atom stereocenters. The van der Waals surface area contributed by atoms with E-state index >= 15 is 0 Å². The SMILES string of the molecule is CCCCCCSc1nnc2c(n1)O[C@H](c1ccc(-c3ccc(C)c(Cl)c3)o1)Nc1ccccc1-2. The Morgan fingerprint density at radius 1 is 1.03 bits per heavy atom. The minimum atomic E-state index is -0.578. The highest BCUT2D eigenvalue weighted by molar-refractivity contribution is 7.99. The molecule has 0 aliphatic carbocycles. The van der Waals surface area contributed by atoms with E-state index < -0.39 is 6.23 Å². The lowest BCUT2D eigenvalue weighted by atomic mass is 10.1. The molecule has 0 amide bonds. The molecule has 0 spiro atoms. The van der Waals surface area contributed by atoms with Crippen LogP contribution in [0.2, 0.25) is 5.02 Å². The van der Waals surface area contributed by atoms with Gasteiger partial charge in [-0.05, 0) is 43.2 Å². The zero-order valence-electron chi connectivity index (χ0n) is 19.8. The topological polar surface area (TPSA) is 73.1 Å². The quantitative estimate of drug-likeness (QED) is 0.192. The molecule has 1 aliphatic heterocycles. The van der Waals surface area contributed by atoms with Gasteiger partial charge in [0.05, 0.1) is 0 Å². The predicted molar refractivity (Wildman–Crippen MR) is 141 cm³/mol. The molecule has 1 aliphatic rings. The highest BCUT2D eigenvalue weighted by Gasteiger charge is 2.28. The molecule has 4 aromatic rings. The number of thioether (sulfide) groups is 1. The molecule has 180 valence electrons. The number of fused-ring (bicyclic) bond motifs is 3. The molecule has 5 rings (SSSR count). The Kier molecular flexibility index (Phi) is 7.25. The summed E-state index contributed by atoms with van der Waals surface area (Å²) >= 11 is 7.94. The zero-order chi connectivity index (χ0) is 24.2. The summed E-state index contributed by atoms with van der Waals surface area (Å²) < 4.78 is 12.6. The standard InChI is InChI=1S/C27H27ClN4O2S/c1-3-4-5-8-15-35-27-30-26-24(31-32-27)19-9-6-7-10-21(19)29-25(34-26)23-14-13-22(33-23)18-12-11-17(2)20(28)16-18/h6-7,9-14,16,25,29H,3-5,8,15H2,1-2H3/t25-/m1/s1. The molecule has 3 heterocycles. The minimum absolute atomic E-state index is 0.440.